The first-order valence-corrected chi connectivity index (χ1v) is 21.7. The van der Waals surface area contributed by atoms with E-state index in [2.05, 4.69) is 136 Å². The molecule has 267 valence electrons. The van der Waals surface area contributed by atoms with Crippen LogP contribution in [0.5, 0.6) is 0 Å². The molecule has 0 atom stereocenters. The summed E-state index contributed by atoms with van der Waals surface area (Å²) in [5, 5.41) is 3.62. The molecule has 3 nitrogen and oxygen atoms in total. The van der Waals surface area contributed by atoms with Crippen LogP contribution in [0.2, 0.25) is 19.6 Å². The summed E-state index contributed by atoms with van der Waals surface area (Å²) in [5.74, 6) is 0. The van der Waals surface area contributed by atoms with E-state index in [1.54, 1.807) is 0 Å². The van der Waals surface area contributed by atoms with Crippen LogP contribution < -0.4 is 5.19 Å². The predicted molar refractivity (Wildman–Crippen MR) is 221 cm³/mol. The molecular weight excluding hydrogens is 841 g/mol. The summed E-state index contributed by atoms with van der Waals surface area (Å²) in [7, 11) is -1.37. The van der Waals surface area contributed by atoms with Crippen molar-refractivity contribution in [1.82, 2.24) is 9.97 Å². The minimum Gasteiger partial charge on any atom is -0.500 e. The zero-order valence-corrected chi connectivity index (χ0v) is 34.4. The van der Waals surface area contributed by atoms with Crippen molar-refractivity contribution in [2.75, 3.05) is 0 Å². The van der Waals surface area contributed by atoms with Crippen molar-refractivity contribution in [3.05, 3.63) is 175 Å². The molecule has 0 aliphatic carbocycles. The number of aromatic nitrogens is 2. The predicted octanol–water partition coefficient (Wildman–Crippen LogP) is 12.3. The molecule has 53 heavy (non-hydrogen) atoms. The molecule has 5 aromatic carbocycles. The summed E-state index contributed by atoms with van der Waals surface area (Å²) < 4.78 is 6.32. The van der Waals surface area contributed by atoms with Crippen LogP contribution in [0.15, 0.2) is 156 Å². The first kappa shape index (κ1) is 37.8. The first-order valence-electron chi connectivity index (χ1n) is 18.2. The average Bonchev–Trinajstić information content (AvgIpc) is 3.57. The second kappa shape index (κ2) is 16.4. The molecule has 0 spiro atoms. The van der Waals surface area contributed by atoms with Gasteiger partial charge in [0.2, 0.25) is 0 Å². The smallest absolute Gasteiger partial charge is 0.121 e. The number of nitrogens with zero attached hydrogens (tertiary/aromatic N) is 2. The Bertz CT molecular complexity index is 2340. The summed E-state index contributed by atoms with van der Waals surface area (Å²) in [5.41, 5.74) is 10.8. The maximum Gasteiger partial charge on any atom is 0.121 e. The molecule has 8 aromatic rings. The molecule has 0 aliphatic heterocycles. The van der Waals surface area contributed by atoms with Crippen LogP contribution in [-0.4, -0.2) is 18.0 Å². The molecule has 0 saturated carbocycles. The van der Waals surface area contributed by atoms with Crippen LogP contribution in [0.25, 0.3) is 55.6 Å². The third-order valence-electron chi connectivity index (χ3n) is 10.2. The van der Waals surface area contributed by atoms with E-state index in [-0.39, 0.29) is 25.5 Å². The van der Waals surface area contributed by atoms with Crippen molar-refractivity contribution in [2.45, 2.75) is 51.7 Å². The second-order valence-corrected chi connectivity index (χ2v) is 19.4. The monoisotopic (exact) mass is 885 g/mol. The van der Waals surface area contributed by atoms with Gasteiger partial charge in [-0.1, -0.05) is 130 Å². The van der Waals surface area contributed by atoms with Gasteiger partial charge in [-0.3, -0.25) is 0 Å². The number of pyridine rings is 2. The minimum absolute atomic E-state index is 0. The summed E-state index contributed by atoms with van der Waals surface area (Å²) in [6, 6.07) is 55.0. The fourth-order valence-electron chi connectivity index (χ4n) is 7.09. The molecule has 8 rings (SSSR count). The van der Waals surface area contributed by atoms with Gasteiger partial charge in [-0.25, -0.2) is 0 Å². The Hall–Kier alpha value is -4.93. The zero-order chi connectivity index (χ0) is 36.1. The van der Waals surface area contributed by atoms with Crippen molar-refractivity contribution < 1.29 is 24.5 Å². The maximum absolute atomic E-state index is 6.32. The van der Waals surface area contributed by atoms with Gasteiger partial charge in [0.25, 0.3) is 0 Å². The number of furan rings is 1. The van der Waals surface area contributed by atoms with Crippen LogP contribution >= 0.6 is 0 Å². The summed E-state index contributed by atoms with van der Waals surface area (Å²) in [4.78, 5) is 9.17. The van der Waals surface area contributed by atoms with Crippen molar-refractivity contribution >= 4 is 35.2 Å². The van der Waals surface area contributed by atoms with Crippen LogP contribution in [0.3, 0.4) is 0 Å². The Balaban J connectivity index is 0.000000213. The van der Waals surface area contributed by atoms with E-state index in [1.165, 1.54) is 27.4 Å². The summed E-state index contributed by atoms with van der Waals surface area (Å²) in [6.45, 7) is 11.6. The molecule has 0 amide bonds. The zero-order valence-electron chi connectivity index (χ0n) is 31.0. The SMILES string of the molecule is CCC(CC)(c1ccccc1)c1ccc2c(c1)oc1c[c-]c(-c3ccc([Si](C)(C)C)cn3)cc12.[Ir].[c-]1ccccc1-c1cc(-c2ccccc2)ccn1. The number of fused-ring (bicyclic) bond motifs is 3. The van der Waals surface area contributed by atoms with E-state index >= 15 is 0 Å². The van der Waals surface area contributed by atoms with Crippen molar-refractivity contribution in [3.8, 4) is 33.6 Å². The van der Waals surface area contributed by atoms with E-state index in [9.17, 15) is 0 Å². The first-order chi connectivity index (χ1) is 25.3. The van der Waals surface area contributed by atoms with Crippen LogP contribution in [-0.2, 0) is 25.5 Å². The largest absolute Gasteiger partial charge is 0.500 e. The van der Waals surface area contributed by atoms with E-state index in [1.807, 2.05) is 67.0 Å². The summed E-state index contributed by atoms with van der Waals surface area (Å²) in [6.07, 6.45) is 5.96. The Morgan fingerprint density at radius 1 is 0.604 bits per heavy atom. The van der Waals surface area contributed by atoms with Crippen molar-refractivity contribution in [2.24, 2.45) is 0 Å². The fraction of sp³-hybridized carbons (Fsp3) is 0.167. The molecule has 0 bridgehead atoms. The molecule has 0 fully saturated rings. The van der Waals surface area contributed by atoms with Gasteiger partial charge >= 0.3 is 0 Å². The topological polar surface area (TPSA) is 38.9 Å². The molecule has 3 heterocycles. The van der Waals surface area contributed by atoms with Gasteiger partial charge in [0.05, 0.1) is 13.7 Å². The Labute approximate surface area is 328 Å². The van der Waals surface area contributed by atoms with Crippen molar-refractivity contribution in [1.29, 1.82) is 0 Å². The standard InChI is InChI=1S/C31H32NOSi.C17H12N.Ir/c1-6-31(7-2,23-11-9-8-10-12-23)24-14-16-26-27-19-22(13-18-29(27)33-30(26)20-24)28-17-15-25(21-32-28)34(3,4)5;1-3-7-14(8-4-1)16-11-12-18-17(13-16)15-9-5-2-6-10-15;/h8-12,14-21H,6-7H2,1-5H3;1-9,11-13H;/q2*-1;. The number of hydrogen-bond donors (Lipinski definition) is 0. The molecule has 0 saturated heterocycles. The maximum atomic E-state index is 6.32. The fourth-order valence-corrected chi connectivity index (χ4v) is 8.13. The van der Waals surface area contributed by atoms with Crippen molar-refractivity contribution in [3.63, 3.8) is 0 Å². The van der Waals surface area contributed by atoms with E-state index < -0.39 is 8.07 Å². The Kier molecular flexibility index (Phi) is 11.7. The quantitative estimate of drug-likeness (QED) is 0.113. The minimum atomic E-state index is -1.37. The Morgan fingerprint density at radius 3 is 2.00 bits per heavy atom. The molecule has 0 N–H and O–H groups in total. The van der Waals surface area contributed by atoms with E-state index in [0.29, 0.717) is 0 Å². The number of benzene rings is 5. The molecule has 3 aromatic heterocycles. The van der Waals surface area contributed by atoms with Crippen LogP contribution in [0.4, 0.5) is 0 Å². The molecular formula is C48H44IrN2OSi-2. The van der Waals surface area contributed by atoms with Gasteiger partial charge in [-0.2, -0.15) is 0 Å². The second-order valence-electron chi connectivity index (χ2n) is 14.3. The van der Waals surface area contributed by atoms with Gasteiger partial charge in [0, 0.05) is 43.3 Å². The number of hydrogen-bond acceptors (Lipinski definition) is 3. The third kappa shape index (κ3) is 8.04. The van der Waals surface area contributed by atoms with Crippen LogP contribution in [0, 0.1) is 12.1 Å². The van der Waals surface area contributed by atoms with Gasteiger partial charge in [-0.05, 0) is 63.8 Å². The molecule has 0 unspecified atom stereocenters. The van der Waals surface area contributed by atoms with Gasteiger partial charge in [-0.15, -0.1) is 59.7 Å². The normalized spacial score (nSPS) is 11.5. The van der Waals surface area contributed by atoms with Crippen LogP contribution in [0.1, 0.15) is 37.8 Å². The van der Waals surface area contributed by atoms with Gasteiger partial charge in [0.1, 0.15) is 5.58 Å². The average molecular weight is 885 g/mol. The van der Waals surface area contributed by atoms with E-state index in [4.69, 9.17) is 9.40 Å². The summed E-state index contributed by atoms with van der Waals surface area (Å²) >= 11 is 0. The number of rotatable bonds is 8. The van der Waals surface area contributed by atoms with Gasteiger partial charge in [0.15, 0.2) is 0 Å². The molecule has 1 radical (unpaired) electrons. The molecule has 0 aliphatic rings. The van der Waals surface area contributed by atoms with E-state index in [0.717, 1.165) is 57.3 Å². The van der Waals surface area contributed by atoms with Gasteiger partial charge < -0.3 is 14.4 Å². The molecule has 5 heteroatoms. The third-order valence-corrected chi connectivity index (χ3v) is 12.3. The Morgan fingerprint density at radius 2 is 1.34 bits per heavy atom.